The summed E-state index contributed by atoms with van der Waals surface area (Å²) in [5.41, 5.74) is 0.871. The van der Waals surface area contributed by atoms with Gasteiger partial charge in [-0.3, -0.25) is 0 Å². The fourth-order valence-electron chi connectivity index (χ4n) is 1.97. The molecular weight excluding hydrogens is 222 g/mol. The minimum atomic E-state index is -3.11. The molecule has 16 heavy (non-hydrogen) atoms. The zero-order chi connectivity index (χ0) is 11.8. The van der Waals surface area contributed by atoms with Gasteiger partial charge in [-0.25, -0.2) is 8.42 Å². The summed E-state index contributed by atoms with van der Waals surface area (Å²) in [6.45, 7) is 5.64. The molecule has 0 aliphatic carbocycles. The van der Waals surface area contributed by atoms with Crippen molar-refractivity contribution >= 4 is 9.84 Å². The molecule has 1 aromatic rings. The van der Waals surface area contributed by atoms with E-state index in [2.05, 4.69) is 11.9 Å². The van der Waals surface area contributed by atoms with Gasteiger partial charge in [-0.1, -0.05) is 24.3 Å². The lowest BCUT2D eigenvalue weighted by atomic mass is 10.1. The maximum atomic E-state index is 11.9. The second kappa shape index (κ2) is 4.03. The van der Waals surface area contributed by atoms with Gasteiger partial charge < -0.3 is 5.32 Å². The Bertz CT molecular complexity index is 508. The predicted molar refractivity (Wildman–Crippen MR) is 64.0 cm³/mol. The van der Waals surface area contributed by atoms with E-state index >= 15 is 0 Å². The second-order valence-corrected chi connectivity index (χ2v) is 6.07. The average molecular weight is 237 g/mol. The molecule has 0 radical (unpaired) electrons. The summed E-state index contributed by atoms with van der Waals surface area (Å²) in [6.07, 6.45) is 1.77. The van der Waals surface area contributed by atoms with Crippen LogP contribution in [0.25, 0.3) is 0 Å². The van der Waals surface area contributed by atoms with Gasteiger partial charge in [0.1, 0.15) is 0 Å². The summed E-state index contributed by atoms with van der Waals surface area (Å²) < 4.78 is 23.7. The molecule has 0 amide bonds. The van der Waals surface area contributed by atoms with Gasteiger partial charge in [0, 0.05) is 12.1 Å². The van der Waals surface area contributed by atoms with Crippen molar-refractivity contribution in [2.75, 3.05) is 5.75 Å². The zero-order valence-electron chi connectivity index (χ0n) is 9.18. The van der Waals surface area contributed by atoms with Crippen molar-refractivity contribution in [2.45, 2.75) is 23.9 Å². The lowest BCUT2D eigenvalue weighted by Crippen LogP contribution is -2.29. The van der Waals surface area contributed by atoms with Crippen LogP contribution in [0.3, 0.4) is 0 Å². The Morgan fingerprint density at radius 3 is 2.88 bits per heavy atom. The van der Waals surface area contributed by atoms with Crippen LogP contribution in [-0.4, -0.2) is 20.2 Å². The first-order chi connectivity index (χ1) is 7.54. The highest BCUT2D eigenvalue weighted by Gasteiger charge is 2.34. The average Bonchev–Trinajstić information content (AvgIpc) is 2.51. The molecule has 1 heterocycles. The van der Waals surface area contributed by atoms with Crippen LogP contribution in [-0.2, 0) is 9.84 Å². The highest BCUT2D eigenvalue weighted by Crippen LogP contribution is 2.33. The van der Waals surface area contributed by atoms with Gasteiger partial charge in [0.15, 0.2) is 9.84 Å². The number of hydrogen-bond acceptors (Lipinski definition) is 3. The van der Waals surface area contributed by atoms with Crippen LogP contribution in [0, 0.1) is 0 Å². The highest BCUT2D eigenvalue weighted by molar-refractivity contribution is 7.91. The van der Waals surface area contributed by atoms with E-state index in [1.165, 1.54) is 0 Å². The number of rotatable bonds is 3. The van der Waals surface area contributed by atoms with Crippen molar-refractivity contribution in [3.05, 3.63) is 42.5 Å². The number of nitrogens with one attached hydrogen (secondary N) is 1. The number of benzene rings is 1. The van der Waals surface area contributed by atoms with Crippen molar-refractivity contribution in [2.24, 2.45) is 0 Å². The molecule has 1 aromatic carbocycles. The van der Waals surface area contributed by atoms with Crippen molar-refractivity contribution in [3.8, 4) is 0 Å². The molecule has 1 aliphatic rings. The number of sulfone groups is 1. The SMILES string of the molecule is C=CC(C)NC1CS(=O)(=O)c2ccccc21. The smallest absolute Gasteiger partial charge is 0.180 e. The van der Waals surface area contributed by atoms with E-state index in [1.807, 2.05) is 19.1 Å². The van der Waals surface area contributed by atoms with Crippen LogP contribution in [0.2, 0.25) is 0 Å². The van der Waals surface area contributed by atoms with E-state index in [0.29, 0.717) is 4.90 Å². The fraction of sp³-hybridized carbons (Fsp3) is 0.333. The molecule has 0 saturated carbocycles. The topological polar surface area (TPSA) is 46.2 Å². The van der Waals surface area contributed by atoms with Crippen LogP contribution < -0.4 is 5.32 Å². The van der Waals surface area contributed by atoms with Crippen LogP contribution in [0.15, 0.2) is 41.8 Å². The van der Waals surface area contributed by atoms with Gasteiger partial charge in [0.25, 0.3) is 0 Å². The lowest BCUT2D eigenvalue weighted by molar-refractivity contribution is 0.537. The monoisotopic (exact) mass is 237 g/mol. The van der Waals surface area contributed by atoms with E-state index in [1.54, 1.807) is 18.2 Å². The molecule has 0 bridgehead atoms. The van der Waals surface area contributed by atoms with Crippen LogP contribution in [0.4, 0.5) is 0 Å². The van der Waals surface area contributed by atoms with Gasteiger partial charge in [0.2, 0.25) is 0 Å². The van der Waals surface area contributed by atoms with Gasteiger partial charge in [0.05, 0.1) is 10.6 Å². The Morgan fingerprint density at radius 1 is 1.50 bits per heavy atom. The van der Waals surface area contributed by atoms with Crippen LogP contribution >= 0.6 is 0 Å². The van der Waals surface area contributed by atoms with Crippen molar-refractivity contribution in [1.82, 2.24) is 5.32 Å². The van der Waals surface area contributed by atoms with Crippen LogP contribution in [0.5, 0.6) is 0 Å². The Balaban J connectivity index is 2.37. The van der Waals surface area contributed by atoms with E-state index in [4.69, 9.17) is 0 Å². The van der Waals surface area contributed by atoms with E-state index in [9.17, 15) is 8.42 Å². The summed E-state index contributed by atoms with van der Waals surface area (Å²) >= 11 is 0. The van der Waals surface area contributed by atoms with Crippen molar-refractivity contribution in [1.29, 1.82) is 0 Å². The molecule has 1 aliphatic heterocycles. The molecule has 1 N–H and O–H groups in total. The Labute approximate surface area is 96.1 Å². The third-order valence-electron chi connectivity index (χ3n) is 2.83. The Kier molecular flexibility index (Phi) is 2.86. The third-order valence-corrected chi connectivity index (χ3v) is 4.65. The first-order valence-electron chi connectivity index (χ1n) is 5.25. The molecule has 0 spiro atoms. The summed E-state index contributed by atoms with van der Waals surface area (Å²) in [5.74, 6) is 0.143. The summed E-state index contributed by atoms with van der Waals surface area (Å²) in [4.78, 5) is 0.462. The molecule has 2 atom stereocenters. The Hall–Kier alpha value is -1.13. The lowest BCUT2D eigenvalue weighted by Gasteiger charge is -2.16. The highest BCUT2D eigenvalue weighted by atomic mass is 32.2. The molecule has 0 saturated heterocycles. The first-order valence-corrected chi connectivity index (χ1v) is 6.90. The second-order valence-electron chi connectivity index (χ2n) is 4.06. The minimum absolute atomic E-state index is 0.103. The zero-order valence-corrected chi connectivity index (χ0v) is 10.00. The molecule has 0 fully saturated rings. The molecular formula is C12H15NO2S. The normalized spacial score (nSPS) is 23.7. The molecule has 4 heteroatoms. The van der Waals surface area contributed by atoms with Crippen molar-refractivity contribution < 1.29 is 8.42 Å². The van der Waals surface area contributed by atoms with E-state index in [-0.39, 0.29) is 17.8 Å². The quantitative estimate of drug-likeness (QED) is 0.814. The minimum Gasteiger partial charge on any atom is -0.303 e. The van der Waals surface area contributed by atoms with Gasteiger partial charge in [-0.05, 0) is 18.6 Å². The standard InChI is InChI=1S/C12H15NO2S/c1-3-9(2)13-11-8-16(14,15)12-7-5-4-6-10(11)12/h3-7,9,11,13H,1,8H2,2H3. The van der Waals surface area contributed by atoms with Crippen LogP contribution in [0.1, 0.15) is 18.5 Å². The van der Waals surface area contributed by atoms with E-state index < -0.39 is 9.84 Å². The first kappa shape index (κ1) is 11.4. The third kappa shape index (κ3) is 1.90. The maximum absolute atomic E-state index is 11.9. The summed E-state index contributed by atoms with van der Waals surface area (Å²) in [6, 6.07) is 7.15. The van der Waals surface area contributed by atoms with Crippen molar-refractivity contribution in [3.63, 3.8) is 0 Å². The molecule has 86 valence electrons. The largest absolute Gasteiger partial charge is 0.303 e. The molecule has 2 unspecified atom stereocenters. The fourth-order valence-corrected chi connectivity index (χ4v) is 3.72. The van der Waals surface area contributed by atoms with E-state index in [0.717, 1.165) is 5.56 Å². The van der Waals surface area contributed by atoms with Gasteiger partial charge >= 0.3 is 0 Å². The molecule has 3 nitrogen and oxygen atoms in total. The summed E-state index contributed by atoms with van der Waals surface area (Å²) in [7, 11) is -3.11. The van der Waals surface area contributed by atoms with Gasteiger partial charge in [-0.2, -0.15) is 0 Å². The number of fused-ring (bicyclic) bond motifs is 1. The molecule has 2 rings (SSSR count). The van der Waals surface area contributed by atoms with Gasteiger partial charge in [-0.15, -0.1) is 6.58 Å². The number of hydrogen-bond donors (Lipinski definition) is 1. The Morgan fingerprint density at radius 2 is 2.19 bits per heavy atom. The predicted octanol–water partition coefficient (Wildman–Crippen LogP) is 1.68. The summed E-state index contributed by atoms with van der Waals surface area (Å²) in [5, 5.41) is 3.24. The maximum Gasteiger partial charge on any atom is 0.180 e. The molecule has 0 aromatic heterocycles.